The highest BCUT2D eigenvalue weighted by atomic mass is 35.5. The van der Waals surface area contributed by atoms with Gasteiger partial charge in [0, 0.05) is 12.2 Å². The third kappa shape index (κ3) is 2.43. The molecule has 1 aromatic carbocycles. The number of hydrogen-bond donors (Lipinski definition) is 1. The topological polar surface area (TPSA) is 38.5 Å². The van der Waals surface area contributed by atoms with Crippen molar-refractivity contribution in [2.75, 3.05) is 18.1 Å². The fraction of sp³-hybridized carbons (Fsp3) is 0.455. The van der Waals surface area contributed by atoms with Gasteiger partial charge in [-0.05, 0) is 31.0 Å². The van der Waals surface area contributed by atoms with E-state index in [1.165, 1.54) is 0 Å². The molecule has 2 rings (SSSR count). The third-order valence-electron chi connectivity index (χ3n) is 2.90. The highest BCUT2D eigenvalue weighted by molar-refractivity contribution is 6.42. The zero-order chi connectivity index (χ0) is 11.5. The van der Waals surface area contributed by atoms with E-state index in [2.05, 4.69) is 4.90 Å². The molecule has 5 heteroatoms. The van der Waals surface area contributed by atoms with Crippen LogP contribution in [0.1, 0.15) is 12.8 Å². The van der Waals surface area contributed by atoms with Gasteiger partial charge >= 0.3 is 0 Å². The maximum Gasteiger partial charge on any atom is 0.0882 e. The molecule has 1 aliphatic rings. The standard InChI is InChI=1S/C11H14Cl2N2O/c12-10-4-3-8(6-11(10)13)15-5-1-2-9(15)7-16-14/h3-4,6,9H,1-2,5,7,14H2. The van der Waals surface area contributed by atoms with E-state index >= 15 is 0 Å². The molecule has 1 aromatic rings. The first-order valence-corrected chi connectivity index (χ1v) is 6.01. The van der Waals surface area contributed by atoms with Gasteiger partial charge in [-0.3, -0.25) is 0 Å². The number of anilines is 1. The largest absolute Gasteiger partial charge is 0.366 e. The van der Waals surface area contributed by atoms with Crippen molar-refractivity contribution in [1.29, 1.82) is 0 Å². The molecule has 0 aromatic heterocycles. The monoisotopic (exact) mass is 260 g/mol. The number of rotatable bonds is 3. The zero-order valence-corrected chi connectivity index (χ0v) is 10.3. The fourth-order valence-corrected chi connectivity index (χ4v) is 2.42. The van der Waals surface area contributed by atoms with Crippen molar-refractivity contribution in [3.8, 4) is 0 Å². The minimum absolute atomic E-state index is 0.335. The van der Waals surface area contributed by atoms with Crippen LogP contribution in [0, 0.1) is 0 Å². The molecule has 1 heterocycles. The Morgan fingerprint density at radius 2 is 2.19 bits per heavy atom. The minimum atomic E-state index is 0.335. The van der Waals surface area contributed by atoms with E-state index in [0.29, 0.717) is 22.7 Å². The Bertz CT molecular complexity index is 373. The minimum Gasteiger partial charge on any atom is -0.366 e. The molecule has 1 atom stereocenters. The molecule has 0 spiro atoms. The third-order valence-corrected chi connectivity index (χ3v) is 3.64. The van der Waals surface area contributed by atoms with Crippen LogP contribution < -0.4 is 10.8 Å². The van der Waals surface area contributed by atoms with Crippen LogP contribution in [0.15, 0.2) is 18.2 Å². The van der Waals surface area contributed by atoms with Crippen molar-refractivity contribution < 1.29 is 4.84 Å². The van der Waals surface area contributed by atoms with E-state index in [4.69, 9.17) is 33.9 Å². The van der Waals surface area contributed by atoms with Gasteiger partial charge < -0.3 is 9.74 Å². The zero-order valence-electron chi connectivity index (χ0n) is 8.83. The van der Waals surface area contributed by atoms with Crippen LogP contribution in [0.25, 0.3) is 0 Å². The molecule has 0 bridgehead atoms. The molecule has 0 radical (unpaired) electrons. The molecule has 0 saturated carbocycles. The maximum absolute atomic E-state index is 6.00. The van der Waals surface area contributed by atoms with E-state index < -0.39 is 0 Å². The summed E-state index contributed by atoms with van der Waals surface area (Å²) in [6, 6.07) is 6.02. The van der Waals surface area contributed by atoms with Crippen LogP contribution in [0.3, 0.4) is 0 Å². The molecule has 1 unspecified atom stereocenters. The second-order valence-electron chi connectivity index (χ2n) is 3.92. The molecule has 1 aliphatic heterocycles. The molecule has 2 N–H and O–H groups in total. The van der Waals surface area contributed by atoms with Crippen molar-refractivity contribution in [2.45, 2.75) is 18.9 Å². The summed E-state index contributed by atoms with van der Waals surface area (Å²) in [4.78, 5) is 6.99. The summed E-state index contributed by atoms with van der Waals surface area (Å²) in [5.74, 6) is 5.13. The van der Waals surface area contributed by atoms with Crippen molar-refractivity contribution >= 4 is 28.9 Å². The average molecular weight is 261 g/mol. The average Bonchev–Trinajstić information content (AvgIpc) is 2.71. The Balaban J connectivity index is 2.19. The van der Waals surface area contributed by atoms with Crippen molar-refractivity contribution in [3.05, 3.63) is 28.2 Å². The first-order valence-electron chi connectivity index (χ1n) is 5.25. The van der Waals surface area contributed by atoms with E-state index in [1.54, 1.807) is 0 Å². The van der Waals surface area contributed by atoms with Crippen LogP contribution in [-0.4, -0.2) is 19.2 Å². The van der Waals surface area contributed by atoms with Gasteiger partial charge in [0.15, 0.2) is 0 Å². The van der Waals surface area contributed by atoms with Crippen LogP contribution in [-0.2, 0) is 4.84 Å². The summed E-state index contributed by atoms with van der Waals surface area (Å²) in [6.07, 6.45) is 2.24. The van der Waals surface area contributed by atoms with Gasteiger partial charge in [0.05, 0.1) is 22.7 Å². The Kier molecular flexibility index (Phi) is 3.92. The van der Waals surface area contributed by atoms with Crippen LogP contribution in [0.5, 0.6) is 0 Å². The van der Waals surface area contributed by atoms with Crippen LogP contribution >= 0.6 is 23.2 Å². The number of nitrogens with two attached hydrogens (primary N) is 1. The Morgan fingerprint density at radius 3 is 2.88 bits per heavy atom. The van der Waals surface area contributed by atoms with Gasteiger partial charge in [-0.25, -0.2) is 5.90 Å². The summed E-state index contributed by atoms with van der Waals surface area (Å²) in [7, 11) is 0. The van der Waals surface area contributed by atoms with Gasteiger partial charge in [0.2, 0.25) is 0 Å². The summed E-state index contributed by atoms with van der Waals surface area (Å²) < 4.78 is 0. The number of benzene rings is 1. The van der Waals surface area contributed by atoms with Crippen molar-refractivity contribution in [2.24, 2.45) is 5.90 Å². The molecule has 1 saturated heterocycles. The number of halogens is 2. The molecular formula is C11H14Cl2N2O. The lowest BCUT2D eigenvalue weighted by Gasteiger charge is -2.26. The quantitative estimate of drug-likeness (QED) is 0.850. The Labute approximate surface area is 105 Å². The number of nitrogens with zero attached hydrogens (tertiary/aromatic N) is 1. The van der Waals surface area contributed by atoms with E-state index in [1.807, 2.05) is 18.2 Å². The predicted molar refractivity (Wildman–Crippen MR) is 67.0 cm³/mol. The summed E-state index contributed by atoms with van der Waals surface area (Å²) in [6.45, 7) is 1.55. The van der Waals surface area contributed by atoms with Gasteiger partial charge in [-0.1, -0.05) is 23.2 Å². The van der Waals surface area contributed by atoms with Crippen LogP contribution in [0.4, 0.5) is 5.69 Å². The van der Waals surface area contributed by atoms with Gasteiger partial charge in [-0.2, -0.15) is 0 Å². The second kappa shape index (κ2) is 5.23. The van der Waals surface area contributed by atoms with Gasteiger partial charge in [-0.15, -0.1) is 0 Å². The van der Waals surface area contributed by atoms with Gasteiger partial charge in [0.25, 0.3) is 0 Å². The summed E-state index contributed by atoms with van der Waals surface area (Å²) >= 11 is 11.9. The van der Waals surface area contributed by atoms with Crippen molar-refractivity contribution in [1.82, 2.24) is 0 Å². The molecular weight excluding hydrogens is 247 g/mol. The molecule has 1 fully saturated rings. The molecule has 0 amide bonds. The Hall–Kier alpha value is -0.480. The maximum atomic E-state index is 6.00. The molecule has 16 heavy (non-hydrogen) atoms. The van der Waals surface area contributed by atoms with Gasteiger partial charge in [0.1, 0.15) is 0 Å². The molecule has 88 valence electrons. The lowest BCUT2D eigenvalue weighted by atomic mass is 10.2. The fourth-order valence-electron chi connectivity index (χ4n) is 2.12. The van der Waals surface area contributed by atoms with Crippen LogP contribution in [0.2, 0.25) is 10.0 Å². The van der Waals surface area contributed by atoms with E-state index in [-0.39, 0.29) is 0 Å². The highest BCUT2D eigenvalue weighted by Crippen LogP contribution is 2.31. The Morgan fingerprint density at radius 1 is 1.38 bits per heavy atom. The second-order valence-corrected chi connectivity index (χ2v) is 4.74. The highest BCUT2D eigenvalue weighted by Gasteiger charge is 2.25. The SMILES string of the molecule is NOCC1CCCN1c1ccc(Cl)c(Cl)c1. The van der Waals surface area contributed by atoms with E-state index in [0.717, 1.165) is 25.1 Å². The smallest absolute Gasteiger partial charge is 0.0882 e. The lowest BCUT2D eigenvalue weighted by Crippen LogP contribution is -2.33. The summed E-state index contributed by atoms with van der Waals surface area (Å²) in [5, 5.41) is 1.16. The lowest BCUT2D eigenvalue weighted by molar-refractivity contribution is 0.124. The van der Waals surface area contributed by atoms with Crippen molar-refractivity contribution in [3.63, 3.8) is 0 Å². The summed E-state index contributed by atoms with van der Waals surface area (Å²) in [5.41, 5.74) is 1.08. The first kappa shape index (κ1) is 12.0. The molecule has 3 nitrogen and oxygen atoms in total. The molecule has 0 aliphatic carbocycles. The first-order chi connectivity index (χ1) is 7.72. The van der Waals surface area contributed by atoms with E-state index in [9.17, 15) is 0 Å². The number of hydrogen-bond acceptors (Lipinski definition) is 3. The normalized spacial score (nSPS) is 20.4. The predicted octanol–water partition coefficient (Wildman–Crippen LogP) is 2.85.